The average Bonchev–Trinajstić information content (AvgIpc) is 2.76. The minimum absolute atomic E-state index is 0.0636. The van der Waals surface area contributed by atoms with Crippen LogP contribution in [0.1, 0.15) is 49.2 Å². The Bertz CT molecular complexity index is 1040. The van der Waals surface area contributed by atoms with Gasteiger partial charge in [0, 0.05) is 24.3 Å². The summed E-state index contributed by atoms with van der Waals surface area (Å²) in [6.45, 7) is 8.97. The first-order valence-electron chi connectivity index (χ1n) is 10.8. The third kappa shape index (κ3) is 6.33. The highest BCUT2D eigenvalue weighted by molar-refractivity contribution is 5.90. The van der Waals surface area contributed by atoms with Crippen LogP contribution < -0.4 is 9.64 Å². The molecule has 0 radical (unpaired) electrons. The number of carbonyl (C=O) groups excluding carboxylic acids is 1. The van der Waals surface area contributed by atoms with E-state index in [1.165, 1.54) is 12.1 Å². The summed E-state index contributed by atoms with van der Waals surface area (Å²) in [5.41, 5.74) is 2.04. The summed E-state index contributed by atoms with van der Waals surface area (Å²) in [6, 6.07) is 22.5. The number of hydrogen-bond donors (Lipinski definition) is 0. The van der Waals surface area contributed by atoms with Crippen LogP contribution >= 0.6 is 0 Å². The van der Waals surface area contributed by atoms with Gasteiger partial charge in [0.15, 0.2) is 0 Å². The van der Waals surface area contributed by atoms with E-state index in [0.29, 0.717) is 25.4 Å². The van der Waals surface area contributed by atoms with Gasteiger partial charge in [-0.15, -0.1) is 0 Å². The first-order chi connectivity index (χ1) is 15.3. The van der Waals surface area contributed by atoms with Crippen LogP contribution in [-0.4, -0.2) is 18.1 Å². The van der Waals surface area contributed by atoms with Crippen LogP contribution in [0.15, 0.2) is 72.8 Å². The number of benzene rings is 3. The number of halogens is 1. The van der Waals surface area contributed by atoms with Gasteiger partial charge in [0.25, 0.3) is 0 Å². The number of hydrogen-bond acceptors (Lipinski definition) is 4. The van der Waals surface area contributed by atoms with Crippen molar-refractivity contribution in [3.05, 3.63) is 95.3 Å². The molecular formula is C27H30FNO3. The van der Waals surface area contributed by atoms with E-state index in [1.807, 2.05) is 66.4 Å². The van der Waals surface area contributed by atoms with Gasteiger partial charge in [-0.2, -0.15) is 0 Å². The molecule has 0 N–H and O–H groups in total. The molecule has 0 atom stereocenters. The van der Waals surface area contributed by atoms with Gasteiger partial charge in [-0.05, 0) is 57.5 Å². The molecule has 0 spiro atoms. The lowest BCUT2D eigenvalue weighted by molar-refractivity contribution is 0.00647. The zero-order valence-corrected chi connectivity index (χ0v) is 19.1. The summed E-state index contributed by atoms with van der Waals surface area (Å²) in [5.74, 6) is -0.464. The Kier molecular flexibility index (Phi) is 7.52. The molecule has 0 saturated heterocycles. The number of nitrogens with zero attached hydrogens (tertiary/aromatic N) is 1. The standard InChI is InChI=1S/C27H30FNO3/c1-5-29(22-15-16-23(24(28)17-22)26(30)32-27(2,3)4)18-21-13-9-10-14-25(21)31-19-20-11-7-6-8-12-20/h6-17H,5,18-19H2,1-4H3. The van der Waals surface area contributed by atoms with Crippen molar-refractivity contribution in [3.8, 4) is 5.75 Å². The van der Waals surface area contributed by atoms with E-state index in [0.717, 1.165) is 16.9 Å². The van der Waals surface area contributed by atoms with E-state index in [9.17, 15) is 9.18 Å². The molecule has 0 fully saturated rings. The van der Waals surface area contributed by atoms with Gasteiger partial charge in [-0.3, -0.25) is 0 Å². The van der Waals surface area contributed by atoms with Crippen molar-refractivity contribution in [1.82, 2.24) is 0 Å². The maximum absolute atomic E-state index is 14.7. The Balaban J connectivity index is 1.75. The minimum Gasteiger partial charge on any atom is -0.489 e. The molecule has 168 valence electrons. The molecule has 3 aromatic carbocycles. The highest BCUT2D eigenvalue weighted by Crippen LogP contribution is 2.26. The van der Waals surface area contributed by atoms with Crippen LogP contribution in [0.5, 0.6) is 5.75 Å². The van der Waals surface area contributed by atoms with Crippen molar-refractivity contribution in [2.75, 3.05) is 11.4 Å². The molecule has 0 aliphatic heterocycles. The molecule has 0 aliphatic carbocycles. The van der Waals surface area contributed by atoms with Crippen LogP contribution in [0, 0.1) is 5.82 Å². The molecule has 0 bridgehead atoms. The van der Waals surface area contributed by atoms with Crippen molar-refractivity contribution in [1.29, 1.82) is 0 Å². The predicted molar refractivity (Wildman–Crippen MR) is 126 cm³/mol. The Morgan fingerprint density at radius 3 is 2.31 bits per heavy atom. The fraction of sp³-hybridized carbons (Fsp3) is 0.296. The highest BCUT2D eigenvalue weighted by Gasteiger charge is 2.21. The van der Waals surface area contributed by atoms with Gasteiger partial charge >= 0.3 is 5.97 Å². The third-order valence-corrected chi connectivity index (χ3v) is 4.89. The molecule has 0 heterocycles. The fourth-order valence-corrected chi connectivity index (χ4v) is 3.30. The number of para-hydroxylation sites is 1. The van der Waals surface area contributed by atoms with Crippen molar-refractivity contribution in [2.45, 2.75) is 46.4 Å². The van der Waals surface area contributed by atoms with Crippen molar-refractivity contribution in [3.63, 3.8) is 0 Å². The monoisotopic (exact) mass is 435 g/mol. The average molecular weight is 436 g/mol. The lowest BCUT2D eigenvalue weighted by atomic mass is 10.1. The molecule has 0 unspecified atom stereocenters. The van der Waals surface area contributed by atoms with E-state index < -0.39 is 17.4 Å². The van der Waals surface area contributed by atoms with Crippen molar-refractivity contribution >= 4 is 11.7 Å². The summed E-state index contributed by atoms with van der Waals surface area (Å²) >= 11 is 0. The first-order valence-corrected chi connectivity index (χ1v) is 10.8. The number of carbonyl (C=O) groups is 1. The van der Waals surface area contributed by atoms with Crippen LogP contribution in [0.4, 0.5) is 10.1 Å². The summed E-state index contributed by atoms with van der Waals surface area (Å²) in [4.78, 5) is 14.3. The summed E-state index contributed by atoms with van der Waals surface area (Å²) in [7, 11) is 0. The van der Waals surface area contributed by atoms with Gasteiger partial charge < -0.3 is 14.4 Å². The van der Waals surface area contributed by atoms with E-state index in [4.69, 9.17) is 9.47 Å². The van der Waals surface area contributed by atoms with E-state index >= 15 is 0 Å². The molecule has 32 heavy (non-hydrogen) atoms. The largest absolute Gasteiger partial charge is 0.489 e. The summed E-state index contributed by atoms with van der Waals surface area (Å²) in [6.07, 6.45) is 0. The topological polar surface area (TPSA) is 38.8 Å². The van der Waals surface area contributed by atoms with E-state index in [-0.39, 0.29) is 5.56 Å². The third-order valence-electron chi connectivity index (χ3n) is 4.89. The minimum atomic E-state index is -0.679. The molecule has 0 aromatic heterocycles. The molecule has 4 nitrogen and oxygen atoms in total. The van der Waals surface area contributed by atoms with Gasteiger partial charge in [-0.1, -0.05) is 48.5 Å². The van der Waals surface area contributed by atoms with E-state index in [2.05, 4.69) is 0 Å². The second-order valence-corrected chi connectivity index (χ2v) is 8.56. The molecule has 5 heteroatoms. The molecule has 0 amide bonds. The Hall–Kier alpha value is -3.34. The van der Waals surface area contributed by atoms with Gasteiger partial charge in [-0.25, -0.2) is 9.18 Å². The molecule has 3 rings (SSSR count). The smallest absolute Gasteiger partial charge is 0.341 e. The van der Waals surface area contributed by atoms with Crippen molar-refractivity contribution < 1.29 is 18.7 Å². The van der Waals surface area contributed by atoms with Crippen molar-refractivity contribution in [2.24, 2.45) is 0 Å². The fourth-order valence-electron chi connectivity index (χ4n) is 3.30. The predicted octanol–water partition coefficient (Wildman–Crippen LogP) is 6.39. The Morgan fingerprint density at radius 2 is 1.66 bits per heavy atom. The van der Waals surface area contributed by atoms with Gasteiger partial charge in [0.1, 0.15) is 23.8 Å². The second-order valence-electron chi connectivity index (χ2n) is 8.56. The Labute approximate surface area is 189 Å². The van der Waals surface area contributed by atoms with Crippen LogP contribution in [0.3, 0.4) is 0 Å². The molecule has 0 saturated carbocycles. The number of esters is 1. The zero-order valence-electron chi connectivity index (χ0n) is 19.1. The van der Waals surface area contributed by atoms with Crippen LogP contribution in [0.2, 0.25) is 0 Å². The normalized spacial score (nSPS) is 11.2. The van der Waals surface area contributed by atoms with E-state index in [1.54, 1.807) is 26.8 Å². The lowest BCUT2D eigenvalue weighted by Crippen LogP contribution is -2.25. The SMILES string of the molecule is CCN(Cc1ccccc1OCc1ccccc1)c1ccc(C(=O)OC(C)(C)C)c(F)c1. The maximum atomic E-state index is 14.7. The molecular weight excluding hydrogens is 405 g/mol. The highest BCUT2D eigenvalue weighted by atomic mass is 19.1. The lowest BCUT2D eigenvalue weighted by Gasteiger charge is -2.25. The van der Waals surface area contributed by atoms with Crippen LogP contribution in [-0.2, 0) is 17.9 Å². The number of anilines is 1. The number of ether oxygens (including phenoxy) is 2. The van der Waals surface area contributed by atoms with Crippen LogP contribution in [0.25, 0.3) is 0 Å². The number of rotatable bonds is 8. The van der Waals surface area contributed by atoms with Gasteiger partial charge in [0.2, 0.25) is 0 Å². The maximum Gasteiger partial charge on any atom is 0.341 e. The quantitative estimate of drug-likeness (QED) is 0.385. The summed E-state index contributed by atoms with van der Waals surface area (Å²) in [5, 5.41) is 0. The first kappa shape index (κ1) is 23.3. The molecule has 3 aromatic rings. The van der Waals surface area contributed by atoms with Gasteiger partial charge in [0.05, 0.1) is 5.56 Å². The Morgan fingerprint density at radius 1 is 0.969 bits per heavy atom. The second kappa shape index (κ2) is 10.3. The summed E-state index contributed by atoms with van der Waals surface area (Å²) < 4.78 is 26.1. The molecule has 0 aliphatic rings. The zero-order chi connectivity index (χ0) is 23.1.